The Morgan fingerprint density at radius 3 is 2.74 bits per heavy atom. The van der Waals surface area contributed by atoms with Crippen LogP contribution in [0, 0.1) is 6.92 Å². The fraction of sp³-hybridized carbons (Fsp3) is 0.167. The van der Waals surface area contributed by atoms with Crippen molar-refractivity contribution in [3.8, 4) is 10.4 Å². The number of ether oxygens (including phenoxy) is 1. The Balaban J connectivity index is 1.88. The van der Waals surface area contributed by atoms with Crippen molar-refractivity contribution in [2.24, 2.45) is 0 Å². The Morgan fingerprint density at radius 2 is 2.00 bits per heavy atom. The molecule has 0 saturated heterocycles. The van der Waals surface area contributed by atoms with Crippen molar-refractivity contribution in [3.05, 3.63) is 59.2 Å². The van der Waals surface area contributed by atoms with Crippen LogP contribution < -0.4 is 5.32 Å². The molecule has 2 aromatic heterocycles. The summed E-state index contributed by atoms with van der Waals surface area (Å²) in [5, 5.41) is 3.62. The van der Waals surface area contributed by atoms with Crippen LogP contribution in [-0.4, -0.2) is 22.1 Å². The molecule has 0 amide bonds. The summed E-state index contributed by atoms with van der Waals surface area (Å²) in [6, 6.07) is 6.42. The molecule has 0 fully saturated rings. The van der Waals surface area contributed by atoms with E-state index < -0.39 is 11.9 Å². The van der Waals surface area contributed by atoms with Crippen LogP contribution in [0.2, 0.25) is 0 Å². The van der Waals surface area contributed by atoms with Crippen molar-refractivity contribution in [3.63, 3.8) is 0 Å². The van der Waals surface area contributed by atoms with Crippen LogP contribution >= 0.6 is 11.3 Å². The van der Waals surface area contributed by atoms with E-state index >= 15 is 0 Å². The molecule has 2 heterocycles. The quantitative estimate of drug-likeness (QED) is 0.598. The van der Waals surface area contributed by atoms with Crippen LogP contribution in [-0.2, 0) is 10.9 Å². The fourth-order valence-electron chi connectivity index (χ4n) is 2.33. The molecule has 9 heteroatoms. The van der Waals surface area contributed by atoms with Crippen LogP contribution in [0.4, 0.5) is 24.8 Å². The summed E-state index contributed by atoms with van der Waals surface area (Å²) >= 11 is 1.47. The Kier molecular flexibility index (Phi) is 5.41. The number of nitrogens with zero attached hydrogens (tertiary/aromatic N) is 3. The number of halogens is 3. The average molecular weight is 392 g/mol. The van der Waals surface area contributed by atoms with Crippen LogP contribution in [0.5, 0.6) is 0 Å². The molecule has 1 N–H and O–H groups in total. The third-order valence-electron chi connectivity index (χ3n) is 3.43. The Labute approximate surface area is 157 Å². The molecule has 0 radical (unpaired) electrons. The largest absolute Gasteiger partial charge is 0.504 e. The first-order valence-electron chi connectivity index (χ1n) is 7.79. The molecule has 3 aromatic rings. The lowest BCUT2D eigenvalue weighted by Crippen LogP contribution is -2.10. The molecular formula is C18H15F3N4OS. The number of anilines is 2. The van der Waals surface area contributed by atoms with Crippen molar-refractivity contribution in [1.29, 1.82) is 0 Å². The van der Waals surface area contributed by atoms with Gasteiger partial charge < -0.3 is 10.1 Å². The SMILES string of the molecule is CO/C=C/c1ncc(-c2cc(C)cc(Nc3nccc(C(F)(F)F)n3)c2)s1. The number of benzene rings is 1. The maximum absolute atomic E-state index is 12.8. The normalized spacial score (nSPS) is 11.7. The van der Waals surface area contributed by atoms with Crippen LogP contribution in [0.3, 0.4) is 0 Å². The van der Waals surface area contributed by atoms with Gasteiger partial charge in [0.2, 0.25) is 5.95 Å². The molecule has 0 aliphatic carbocycles. The van der Waals surface area contributed by atoms with Crippen molar-refractivity contribution in [2.75, 3.05) is 12.4 Å². The first kappa shape index (κ1) is 18.8. The summed E-state index contributed by atoms with van der Waals surface area (Å²) in [5.74, 6) is -0.116. The Bertz CT molecular complexity index is 969. The second-order valence-corrected chi connectivity index (χ2v) is 6.64. The molecule has 0 saturated carbocycles. The molecule has 0 spiro atoms. The summed E-state index contributed by atoms with van der Waals surface area (Å²) in [7, 11) is 1.55. The van der Waals surface area contributed by atoms with E-state index in [9.17, 15) is 13.2 Å². The highest BCUT2D eigenvalue weighted by atomic mass is 32.1. The van der Waals surface area contributed by atoms with Gasteiger partial charge in [0.25, 0.3) is 0 Å². The molecule has 5 nitrogen and oxygen atoms in total. The van der Waals surface area contributed by atoms with Gasteiger partial charge in [0.15, 0.2) is 0 Å². The van der Waals surface area contributed by atoms with Crippen molar-refractivity contribution in [2.45, 2.75) is 13.1 Å². The predicted octanol–water partition coefficient (Wildman–Crippen LogP) is 5.29. The second kappa shape index (κ2) is 7.75. The molecular weight excluding hydrogens is 377 g/mol. The number of aryl methyl sites for hydroxylation is 1. The molecule has 0 unspecified atom stereocenters. The molecule has 1 aromatic carbocycles. The minimum Gasteiger partial charge on any atom is -0.504 e. The molecule has 0 bridgehead atoms. The van der Waals surface area contributed by atoms with E-state index in [1.165, 1.54) is 17.6 Å². The van der Waals surface area contributed by atoms with Crippen LogP contribution in [0.25, 0.3) is 16.5 Å². The summed E-state index contributed by atoms with van der Waals surface area (Å²) < 4.78 is 43.3. The summed E-state index contributed by atoms with van der Waals surface area (Å²) in [6.07, 6.45) is 1.58. The first-order chi connectivity index (χ1) is 12.8. The molecule has 3 rings (SSSR count). The number of aromatic nitrogens is 3. The lowest BCUT2D eigenvalue weighted by molar-refractivity contribution is -0.141. The monoisotopic (exact) mass is 392 g/mol. The van der Waals surface area contributed by atoms with Gasteiger partial charge in [-0.2, -0.15) is 13.2 Å². The smallest absolute Gasteiger partial charge is 0.433 e. The van der Waals surface area contributed by atoms with Gasteiger partial charge in [-0.1, -0.05) is 6.07 Å². The second-order valence-electron chi connectivity index (χ2n) is 5.58. The maximum Gasteiger partial charge on any atom is 0.433 e. The van der Waals surface area contributed by atoms with E-state index in [0.29, 0.717) is 5.69 Å². The van der Waals surface area contributed by atoms with Gasteiger partial charge >= 0.3 is 6.18 Å². The van der Waals surface area contributed by atoms with Gasteiger partial charge in [0.1, 0.15) is 10.7 Å². The van der Waals surface area contributed by atoms with E-state index in [2.05, 4.69) is 20.3 Å². The highest BCUT2D eigenvalue weighted by Gasteiger charge is 2.32. The Morgan fingerprint density at radius 1 is 1.19 bits per heavy atom. The molecule has 140 valence electrons. The molecule has 0 aliphatic heterocycles. The van der Waals surface area contributed by atoms with E-state index in [4.69, 9.17) is 4.74 Å². The average Bonchev–Trinajstić information content (AvgIpc) is 3.08. The third kappa shape index (κ3) is 4.82. The highest BCUT2D eigenvalue weighted by Crippen LogP contribution is 2.31. The number of hydrogen-bond acceptors (Lipinski definition) is 6. The minimum atomic E-state index is -4.52. The van der Waals surface area contributed by atoms with Gasteiger partial charge in [0.05, 0.1) is 18.2 Å². The zero-order valence-electron chi connectivity index (χ0n) is 14.4. The van der Waals surface area contributed by atoms with Gasteiger partial charge in [-0.25, -0.2) is 15.0 Å². The van der Waals surface area contributed by atoms with Crippen molar-refractivity contribution in [1.82, 2.24) is 15.0 Å². The van der Waals surface area contributed by atoms with Gasteiger partial charge in [0, 0.05) is 24.2 Å². The maximum atomic E-state index is 12.8. The van der Waals surface area contributed by atoms with E-state index in [1.54, 1.807) is 25.4 Å². The number of hydrogen-bond donors (Lipinski definition) is 1. The third-order valence-corrected chi connectivity index (χ3v) is 4.45. The number of nitrogens with one attached hydrogen (secondary N) is 1. The van der Waals surface area contributed by atoms with Crippen LogP contribution in [0.1, 0.15) is 16.3 Å². The molecule has 0 aliphatic rings. The fourth-order valence-corrected chi connectivity index (χ4v) is 3.12. The van der Waals surface area contributed by atoms with E-state index in [0.717, 1.165) is 33.3 Å². The van der Waals surface area contributed by atoms with Gasteiger partial charge in [-0.05, 0) is 36.2 Å². The van der Waals surface area contributed by atoms with E-state index in [1.807, 2.05) is 19.1 Å². The van der Waals surface area contributed by atoms with Gasteiger partial charge in [-0.3, -0.25) is 0 Å². The number of rotatable bonds is 5. The summed E-state index contributed by atoms with van der Waals surface area (Å²) in [5.41, 5.74) is 1.42. The standard InChI is InChI=1S/C18H15F3N4OS/c1-11-7-12(14-10-23-16(27-14)4-6-26-2)9-13(8-11)24-17-22-5-3-15(25-17)18(19,20)21/h3-10H,1-2H3,(H,22,24,25)/b6-4+. The van der Waals surface area contributed by atoms with E-state index in [-0.39, 0.29) is 5.95 Å². The lowest BCUT2D eigenvalue weighted by atomic mass is 10.1. The van der Waals surface area contributed by atoms with Gasteiger partial charge in [-0.15, -0.1) is 11.3 Å². The zero-order valence-corrected chi connectivity index (χ0v) is 15.2. The van der Waals surface area contributed by atoms with Crippen molar-refractivity contribution >= 4 is 29.0 Å². The number of thiazole rings is 1. The van der Waals surface area contributed by atoms with Crippen LogP contribution in [0.15, 0.2) is 42.9 Å². The zero-order chi connectivity index (χ0) is 19.4. The van der Waals surface area contributed by atoms with Crippen molar-refractivity contribution < 1.29 is 17.9 Å². The summed E-state index contributed by atoms with van der Waals surface area (Å²) in [4.78, 5) is 12.6. The molecule has 0 atom stereocenters. The lowest BCUT2D eigenvalue weighted by Gasteiger charge is -2.10. The minimum absolute atomic E-state index is 0.116. The molecule has 27 heavy (non-hydrogen) atoms. The predicted molar refractivity (Wildman–Crippen MR) is 98.6 cm³/mol. The first-order valence-corrected chi connectivity index (χ1v) is 8.61. The summed E-state index contributed by atoms with van der Waals surface area (Å²) in [6.45, 7) is 1.90. The number of methoxy groups -OCH3 is 1. The highest BCUT2D eigenvalue weighted by molar-refractivity contribution is 7.15. The topological polar surface area (TPSA) is 59.9 Å². The number of alkyl halides is 3. The Hall–Kier alpha value is -2.94.